The molecule has 0 fully saturated rings. The third kappa shape index (κ3) is 5.82. The average molecular weight is 375 g/mol. The Morgan fingerprint density at radius 3 is 2.15 bits per heavy atom. The normalized spacial score (nSPS) is 13.4. The lowest BCUT2D eigenvalue weighted by Crippen LogP contribution is -2.50. The van der Waals surface area contributed by atoms with Crippen LogP contribution in [0.3, 0.4) is 0 Å². The highest BCUT2D eigenvalue weighted by Gasteiger charge is 2.27. The molecule has 2 atom stereocenters. The van der Waals surface area contributed by atoms with Gasteiger partial charge in [-0.25, -0.2) is 4.79 Å². The zero-order valence-corrected chi connectivity index (χ0v) is 15.4. The summed E-state index contributed by atoms with van der Waals surface area (Å²) in [6.07, 6.45) is 3.40. The first-order chi connectivity index (χ1) is 12.8. The van der Waals surface area contributed by atoms with Crippen LogP contribution in [-0.4, -0.2) is 43.4 Å². The van der Waals surface area contributed by atoms with Gasteiger partial charge in [-0.2, -0.15) is 0 Å². The van der Waals surface area contributed by atoms with Crippen molar-refractivity contribution in [3.8, 4) is 0 Å². The van der Waals surface area contributed by atoms with Gasteiger partial charge in [-0.15, -0.1) is 0 Å². The van der Waals surface area contributed by atoms with Gasteiger partial charge in [0.25, 0.3) is 0 Å². The second-order valence-corrected chi connectivity index (χ2v) is 6.92. The SMILES string of the molecule is CC(C)CC(NC(Cn1ccn(Cc2ccccc2)c1=O)C(=O)O)C(=O)O. The fourth-order valence-corrected chi connectivity index (χ4v) is 2.85. The van der Waals surface area contributed by atoms with Crippen molar-refractivity contribution in [2.24, 2.45) is 5.92 Å². The second-order valence-electron chi connectivity index (χ2n) is 6.92. The van der Waals surface area contributed by atoms with E-state index in [1.807, 2.05) is 44.2 Å². The van der Waals surface area contributed by atoms with E-state index < -0.39 is 24.0 Å². The fraction of sp³-hybridized carbons (Fsp3) is 0.421. The number of carbonyl (C=O) groups is 2. The Morgan fingerprint density at radius 2 is 1.59 bits per heavy atom. The van der Waals surface area contributed by atoms with Crippen LogP contribution >= 0.6 is 0 Å². The van der Waals surface area contributed by atoms with Crippen molar-refractivity contribution in [2.75, 3.05) is 0 Å². The van der Waals surface area contributed by atoms with Crippen molar-refractivity contribution in [2.45, 2.75) is 45.4 Å². The van der Waals surface area contributed by atoms with Gasteiger partial charge in [0, 0.05) is 12.4 Å². The molecule has 1 heterocycles. The Hall–Kier alpha value is -2.87. The zero-order valence-electron chi connectivity index (χ0n) is 15.4. The van der Waals surface area contributed by atoms with Crippen LogP contribution in [0.5, 0.6) is 0 Å². The van der Waals surface area contributed by atoms with Crippen LogP contribution in [0.2, 0.25) is 0 Å². The number of hydrogen-bond donors (Lipinski definition) is 3. The van der Waals surface area contributed by atoms with Crippen LogP contribution in [0.15, 0.2) is 47.5 Å². The summed E-state index contributed by atoms with van der Waals surface area (Å²) in [5.74, 6) is -2.22. The molecule has 2 unspecified atom stereocenters. The first-order valence-electron chi connectivity index (χ1n) is 8.79. The minimum Gasteiger partial charge on any atom is -0.480 e. The van der Waals surface area contributed by atoms with Gasteiger partial charge in [0.05, 0.1) is 13.1 Å². The van der Waals surface area contributed by atoms with Gasteiger partial charge in [-0.05, 0) is 17.9 Å². The van der Waals surface area contributed by atoms with Crippen molar-refractivity contribution in [1.82, 2.24) is 14.5 Å². The van der Waals surface area contributed by atoms with E-state index in [2.05, 4.69) is 5.32 Å². The Bertz CT molecular complexity index is 825. The number of aliphatic carboxylic acids is 2. The number of aromatic nitrogens is 2. The van der Waals surface area contributed by atoms with E-state index in [1.165, 1.54) is 15.3 Å². The molecule has 0 aliphatic rings. The molecule has 3 N–H and O–H groups in total. The molecule has 146 valence electrons. The van der Waals surface area contributed by atoms with Crippen LogP contribution in [0, 0.1) is 5.92 Å². The third-order valence-corrected chi connectivity index (χ3v) is 4.20. The molecular formula is C19H25N3O5. The van der Waals surface area contributed by atoms with E-state index in [-0.39, 0.29) is 18.2 Å². The molecule has 0 amide bonds. The van der Waals surface area contributed by atoms with Gasteiger partial charge >= 0.3 is 17.6 Å². The standard InChI is InChI=1S/C19H25N3O5/c1-13(2)10-15(17(23)24)20-16(18(25)26)12-22-9-8-21(19(22)27)11-14-6-4-3-5-7-14/h3-9,13,15-16,20H,10-12H2,1-2H3,(H,23,24)(H,25,26). The molecule has 2 aromatic rings. The molecule has 1 aromatic heterocycles. The zero-order chi connectivity index (χ0) is 20.0. The lowest BCUT2D eigenvalue weighted by molar-refractivity contribution is -0.143. The van der Waals surface area contributed by atoms with Crippen LogP contribution in [0.1, 0.15) is 25.8 Å². The van der Waals surface area contributed by atoms with Crippen LogP contribution in [0.25, 0.3) is 0 Å². The average Bonchev–Trinajstić information content (AvgIpc) is 2.94. The highest BCUT2D eigenvalue weighted by molar-refractivity contribution is 5.77. The molecule has 0 aliphatic heterocycles. The summed E-state index contributed by atoms with van der Waals surface area (Å²) in [6, 6.07) is 7.26. The summed E-state index contributed by atoms with van der Waals surface area (Å²) in [6.45, 7) is 3.95. The summed E-state index contributed by atoms with van der Waals surface area (Å²) in [5, 5.41) is 21.4. The predicted molar refractivity (Wildman–Crippen MR) is 99.7 cm³/mol. The van der Waals surface area contributed by atoms with E-state index in [4.69, 9.17) is 0 Å². The van der Waals surface area contributed by atoms with Crippen molar-refractivity contribution in [3.05, 3.63) is 58.8 Å². The molecular weight excluding hydrogens is 350 g/mol. The monoisotopic (exact) mass is 375 g/mol. The Labute approximate surface area is 157 Å². The maximum Gasteiger partial charge on any atom is 0.328 e. The van der Waals surface area contributed by atoms with E-state index in [9.17, 15) is 24.6 Å². The van der Waals surface area contributed by atoms with Crippen molar-refractivity contribution >= 4 is 11.9 Å². The van der Waals surface area contributed by atoms with Gasteiger partial charge in [0.2, 0.25) is 0 Å². The molecule has 1 aromatic carbocycles. The van der Waals surface area contributed by atoms with E-state index >= 15 is 0 Å². The van der Waals surface area contributed by atoms with Gasteiger partial charge < -0.3 is 10.2 Å². The van der Waals surface area contributed by atoms with E-state index in [0.717, 1.165) is 5.56 Å². The van der Waals surface area contributed by atoms with Crippen molar-refractivity contribution < 1.29 is 19.8 Å². The third-order valence-electron chi connectivity index (χ3n) is 4.20. The topological polar surface area (TPSA) is 114 Å². The summed E-state index contributed by atoms with van der Waals surface area (Å²) in [5.41, 5.74) is 0.607. The van der Waals surface area contributed by atoms with Crippen LogP contribution in [-0.2, 0) is 22.7 Å². The molecule has 0 bridgehead atoms. The summed E-state index contributed by atoms with van der Waals surface area (Å²) in [4.78, 5) is 35.5. The number of carboxylic acids is 2. The van der Waals surface area contributed by atoms with Gasteiger partial charge in [-0.1, -0.05) is 44.2 Å². The molecule has 8 nitrogen and oxygen atoms in total. The molecule has 27 heavy (non-hydrogen) atoms. The lowest BCUT2D eigenvalue weighted by Gasteiger charge is -2.21. The number of carboxylic acid groups (broad SMARTS) is 2. The number of nitrogens with one attached hydrogen (secondary N) is 1. The fourth-order valence-electron chi connectivity index (χ4n) is 2.85. The number of benzene rings is 1. The lowest BCUT2D eigenvalue weighted by atomic mass is 10.0. The number of nitrogens with zero attached hydrogens (tertiary/aromatic N) is 2. The maximum atomic E-state index is 12.5. The highest BCUT2D eigenvalue weighted by atomic mass is 16.4. The number of imidazole rings is 1. The molecule has 0 radical (unpaired) electrons. The van der Waals surface area contributed by atoms with Crippen molar-refractivity contribution in [3.63, 3.8) is 0 Å². The molecule has 2 rings (SSSR count). The molecule has 0 aliphatic carbocycles. The number of hydrogen-bond acceptors (Lipinski definition) is 4. The van der Waals surface area contributed by atoms with Crippen LogP contribution in [0.4, 0.5) is 0 Å². The summed E-state index contributed by atoms with van der Waals surface area (Å²) < 4.78 is 2.76. The quantitative estimate of drug-likeness (QED) is 0.576. The van der Waals surface area contributed by atoms with Gasteiger partial charge in [-0.3, -0.25) is 24.0 Å². The number of rotatable bonds is 10. The molecule has 0 saturated heterocycles. The predicted octanol–water partition coefficient (Wildman–Crippen LogP) is 1.24. The smallest absolute Gasteiger partial charge is 0.328 e. The Kier molecular flexibility index (Phi) is 6.95. The van der Waals surface area contributed by atoms with Gasteiger partial charge in [0.1, 0.15) is 12.1 Å². The first kappa shape index (κ1) is 20.4. The Morgan fingerprint density at radius 1 is 1.00 bits per heavy atom. The minimum absolute atomic E-state index is 0.0859. The molecule has 8 heteroatoms. The molecule has 0 saturated carbocycles. The largest absolute Gasteiger partial charge is 0.480 e. The first-order valence-corrected chi connectivity index (χ1v) is 8.79. The minimum atomic E-state index is -1.20. The molecule has 0 spiro atoms. The second kappa shape index (κ2) is 9.18. The van der Waals surface area contributed by atoms with E-state index in [1.54, 1.807) is 6.20 Å². The van der Waals surface area contributed by atoms with Crippen molar-refractivity contribution in [1.29, 1.82) is 0 Å². The summed E-state index contributed by atoms with van der Waals surface area (Å²) in [7, 11) is 0. The maximum absolute atomic E-state index is 12.5. The van der Waals surface area contributed by atoms with Crippen LogP contribution < -0.4 is 11.0 Å². The van der Waals surface area contributed by atoms with Gasteiger partial charge in [0.15, 0.2) is 0 Å². The summed E-state index contributed by atoms with van der Waals surface area (Å²) >= 11 is 0. The Balaban J connectivity index is 2.13. The highest BCUT2D eigenvalue weighted by Crippen LogP contribution is 2.07. The van der Waals surface area contributed by atoms with E-state index in [0.29, 0.717) is 13.0 Å².